The third-order valence-corrected chi connectivity index (χ3v) is 5.46. The minimum Gasteiger partial charge on any atom is -0.382 e. The molecule has 2 rings (SSSR count). The Bertz CT molecular complexity index is 831. The number of ether oxygens (including phenoxy) is 1. The van der Waals surface area contributed by atoms with Crippen LogP contribution in [-0.2, 0) is 33.0 Å². The number of rotatable bonds is 9. The highest BCUT2D eigenvalue weighted by Gasteiger charge is 2.17. The summed E-state index contributed by atoms with van der Waals surface area (Å²) >= 11 is 0. The maximum atomic E-state index is 12.3. The molecule has 1 atom stereocenters. The number of amides is 1. The lowest BCUT2D eigenvalue weighted by Crippen LogP contribution is -2.32. The molecule has 0 aliphatic heterocycles. The number of aryl methyl sites for hydroxylation is 2. The van der Waals surface area contributed by atoms with Gasteiger partial charge in [-0.15, -0.1) is 0 Å². The van der Waals surface area contributed by atoms with Gasteiger partial charge >= 0.3 is 0 Å². The molecule has 8 nitrogen and oxygen atoms in total. The molecule has 142 valence electrons. The summed E-state index contributed by atoms with van der Waals surface area (Å²) in [7, 11) is 1.31. The molecule has 2 aromatic rings. The van der Waals surface area contributed by atoms with E-state index in [1.54, 1.807) is 30.1 Å². The van der Waals surface area contributed by atoms with Crippen LogP contribution in [0.4, 0.5) is 0 Å². The molecule has 1 heterocycles. The number of hydrogen-bond acceptors (Lipinski definition) is 5. The van der Waals surface area contributed by atoms with Gasteiger partial charge in [0.15, 0.2) is 0 Å². The normalized spacial score (nSPS) is 12.7. The van der Waals surface area contributed by atoms with Crippen LogP contribution in [0.15, 0.2) is 41.4 Å². The van der Waals surface area contributed by atoms with Crippen LogP contribution >= 0.6 is 0 Å². The van der Waals surface area contributed by atoms with Gasteiger partial charge < -0.3 is 10.1 Å². The number of sulfonamides is 1. The summed E-state index contributed by atoms with van der Waals surface area (Å²) in [6.07, 6.45) is 2.47. The molecule has 0 fully saturated rings. The van der Waals surface area contributed by atoms with Gasteiger partial charge in [0.1, 0.15) is 0 Å². The van der Waals surface area contributed by atoms with Gasteiger partial charge in [-0.3, -0.25) is 9.48 Å². The Hall–Kier alpha value is -2.23. The Labute approximate surface area is 153 Å². The summed E-state index contributed by atoms with van der Waals surface area (Å²) in [5.41, 5.74) is 1.75. The Kier molecular flexibility index (Phi) is 6.90. The smallest absolute Gasteiger partial charge is 0.240 e. The average molecular weight is 380 g/mol. The molecular formula is C17H24N4O4S. The fraction of sp³-hybridized carbons (Fsp3) is 0.412. The zero-order valence-electron chi connectivity index (χ0n) is 15.1. The number of carbonyl (C=O) groups is 1. The van der Waals surface area contributed by atoms with Crippen LogP contribution in [-0.4, -0.2) is 44.9 Å². The standard InChI is InChI=1S/C17H24N4O4S/c1-18-26(23,24)14-7-4-13(5-8-14)6-9-17(22)20-15(12-25-3)16-10-11-19-21(16)2/h4-5,7-8,10-11,15,18H,6,9,12H2,1-3H3,(H,20,22). The minimum absolute atomic E-state index is 0.111. The zero-order valence-corrected chi connectivity index (χ0v) is 15.9. The number of nitrogens with one attached hydrogen (secondary N) is 2. The maximum Gasteiger partial charge on any atom is 0.240 e. The molecule has 1 aromatic carbocycles. The Morgan fingerprint density at radius 2 is 1.96 bits per heavy atom. The largest absolute Gasteiger partial charge is 0.382 e. The molecule has 0 spiro atoms. The molecule has 0 bridgehead atoms. The molecule has 9 heteroatoms. The fourth-order valence-corrected chi connectivity index (χ4v) is 3.30. The van der Waals surface area contributed by atoms with E-state index in [4.69, 9.17) is 4.74 Å². The number of hydrogen-bond donors (Lipinski definition) is 2. The van der Waals surface area contributed by atoms with Crippen molar-refractivity contribution in [2.75, 3.05) is 20.8 Å². The summed E-state index contributed by atoms with van der Waals surface area (Å²) in [4.78, 5) is 12.5. The first kappa shape index (κ1) is 20.1. The summed E-state index contributed by atoms with van der Waals surface area (Å²) in [5.74, 6) is -0.111. The van der Waals surface area contributed by atoms with Crippen molar-refractivity contribution in [2.45, 2.75) is 23.8 Å². The molecule has 1 aromatic heterocycles. The van der Waals surface area contributed by atoms with E-state index in [1.165, 1.54) is 19.2 Å². The molecule has 1 amide bonds. The molecule has 2 N–H and O–H groups in total. The van der Waals surface area contributed by atoms with Gasteiger partial charge in [0.2, 0.25) is 15.9 Å². The van der Waals surface area contributed by atoms with Crippen molar-refractivity contribution in [1.82, 2.24) is 19.8 Å². The Morgan fingerprint density at radius 1 is 1.27 bits per heavy atom. The van der Waals surface area contributed by atoms with Crippen molar-refractivity contribution < 1.29 is 17.9 Å². The van der Waals surface area contributed by atoms with Crippen LogP contribution in [0.25, 0.3) is 0 Å². The lowest BCUT2D eigenvalue weighted by molar-refractivity contribution is -0.122. The van der Waals surface area contributed by atoms with Gasteiger partial charge in [0, 0.05) is 26.8 Å². The van der Waals surface area contributed by atoms with Crippen LogP contribution in [0.3, 0.4) is 0 Å². The Balaban J connectivity index is 1.94. The number of methoxy groups -OCH3 is 1. The molecule has 0 saturated heterocycles. The monoisotopic (exact) mass is 380 g/mol. The third kappa shape index (κ3) is 5.13. The quantitative estimate of drug-likeness (QED) is 0.669. The second-order valence-electron chi connectivity index (χ2n) is 5.81. The lowest BCUT2D eigenvalue weighted by Gasteiger charge is -2.18. The van der Waals surface area contributed by atoms with Crippen LogP contribution in [0, 0.1) is 0 Å². The fourth-order valence-electron chi connectivity index (χ4n) is 2.57. The topological polar surface area (TPSA) is 102 Å². The number of nitrogens with zero attached hydrogens (tertiary/aromatic N) is 2. The van der Waals surface area contributed by atoms with Crippen LogP contribution in [0.2, 0.25) is 0 Å². The summed E-state index contributed by atoms with van der Waals surface area (Å²) in [5, 5.41) is 7.06. The summed E-state index contributed by atoms with van der Waals surface area (Å²) in [6.45, 7) is 0.349. The van der Waals surface area contributed by atoms with E-state index in [9.17, 15) is 13.2 Å². The highest BCUT2D eigenvalue weighted by Crippen LogP contribution is 2.14. The van der Waals surface area contributed by atoms with Crippen molar-refractivity contribution in [2.24, 2.45) is 7.05 Å². The summed E-state index contributed by atoms with van der Waals surface area (Å²) in [6, 6.07) is 8.05. The van der Waals surface area contributed by atoms with Crippen molar-refractivity contribution >= 4 is 15.9 Å². The van der Waals surface area contributed by atoms with Gasteiger partial charge in [-0.25, -0.2) is 13.1 Å². The predicted molar refractivity (Wildman–Crippen MR) is 97.0 cm³/mol. The van der Waals surface area contributed by atoms with Crippen molar-refractivity contribution in [3.8, 4) is 0 Å². The van der Waals surface area contributed by atoms with E-state index >= 15 is 0 Å². The molecule has 0 aliphatic carbocycles. The van der Waals surface area contributed by atoms with Crippen LogP contribution in [0.5, 0.6) is 0 Å². The van der Waals surface area contributed by atoms with Crippen molar-refractivity contribution in [3.63, 3.8) is 0 Å². The van der Waals surface area contributed by atoms with Crippen LogP contribution < -0.4 is 10.0 Å². The minimum atomic E-state index is -3.45. The first-order chi connectivity index (χ1) is 12.4. The highest BCUT2D eigenvalue weighted by molar-refractivity contribution is 7.89. The van der Waals surface area contributed by atoms with Crippen LogP contribution in [0.1, 0.15) is 23.7 Å². The van der Waals surface area contributed by atoms with E-state index < -0.39 is 10.0 Å². The van der Waals surface area contributed by atoms with Gasteiger partial charge in [-0.1, -0.05) is 12.1 Å². The predicted octanol–water partition coefficient (Wildman–Crippen LogP) is 0.765. The van der Waals surface area contributed by atoms with Gasteiger partial charge in [0.25, 0.3) is 0 Å². The first-order valence-corrected chi connectivity index (χ1v) is 9.64. The van der Waals surface area contributed by atoms with Gasteiger partial charge in [-0.05, 0) is 37.2 Å². The molecular weight excluding hydrogens is 356 g/mol. The number of benzene rings is 1. The van der Waals surface area contributed by atoms with Crippen molar-refractivity contribution in [3.05, 3.63) is 47.8 Å². The Morgan fingerprint density at radius 3 is 2.50 bits per heavy atom. The summed E-state index contributed by atoms with van der Waals surface area (Å²) < 4.78 is 32.6. The zero-order chi connectivity index (χ0) is 19.2. The molecule has 0 saturated carbocycles. The number of carbonyl (C=O) groups excluding carboxylic acids is 1. The molecule has 0 radical (unpaired) electrons. The molecule has 26 heavy (non-hydrogen) atoms. The maximum absolute atomic E-state index is 12.3. The van der Waals surface area contributed by atoms with Gasteiger partial charge in [0.05, 0.1) is 23.2 Å². The molecule has 0 aliphatic rings. The van der Waals surface area contributed by atoms with E-state index in [0.29, 0.717) is 13.0 Å². The van der Waals surface area contributed by atoms with E-state index in [0.717, 1.165) is 11.3 Å². The second kappa shape index (κ2) is 8.93. The van der Waals surface area contributed by atoms with E-state index in [2.05, 4.69) is 15.1 Å². The average Bonchev–Trinajstić information content (AvgIpc) is 3.06. The lowest BCUT2D eigenvalue weighted by atomic mass is 10.1. The SMILES string of the molecule is CNS(=O)(=O)c1ccc(CCC(=O)NC(COC)c2ccnn2C)cc1. The third-order valence-electron chi connectivity index (χ3n) is 4.03. The first-order valence-electron chi connectivity index (χ1n) is 8.16. The van der Waals surface area contributed by atoms with Crippen molar-refractivity contribution in [1.29, 1.82) is 0 Å². The highest BCUT2D eigenvalue weighted by atomic mass is 32.2. The number of aromatic nitrogens is 2. The second-order valence-corrected chi connectivity index (χ2v) is 7.69. The van der Waals surface area contributed by atoms with E-state index in [1.807, 2.05) is 13.1 Å². The van der Waals surface area contributed by atoms with E-state index in [-0.39, 0.29) is 23.3 Å². The molecule has 1 unspecified atom stereocenters. The van der Waals surface area contributed by atoms with Gasteiger partial charge in [-0.2, -0.15) is 5.10 Å².